The molecule has 2 rings (SSSR count). The van der Waals surface area contributed by atoms with Gasteiger partial charge < -0.3 is 29.9 Å². The van der Waals surface area contributed by atoms with Gasteiger partial charge in [0.05, 0.1) is 6.61 Å². The molecule has 0 aliphatic carbocycles. The smallest absolute Gasteiger partial charge is 0.229 e. The zero-order chi connectivity index (χ0) is 14.0. The molecule has 5 atom stereocenters. The van der Waals surface area contributed by atoms with Gasteiger partial charge in [-0.2, -0.15) is 0 Å². The molecule has 0 aromatic heterocycles. The summed E-state index contributed by atoms with van der Waals surface area (Å²) < 4.78 is 10.7. The van der Waals surface area contributed by atoms with Crippen LogP contribution in [0.3, 0.4) is 0 Å². The maximum Gasteiger partial charge on any atom is 0.229 e. The van der Waals surface area contributed by atoms with Crippen molar-refractivity contribution in [2.24, 2.45) is 0 Å². The summed E-state index contributed by atoms with van der Waals surface area (Å²) >= 11 is 0. The third-order valence-corrected chi connectivity index (χ3v) is 3.12. The lowest BCUT2D eigenvalue weighted by molar-refractivity contribution is -0.277. The number of benzene rings is 1. The van der Waals surface area contributed by atoms with Crippen molar-refractivity contribution in [1.29, 1.82) is 0 Å². The summed E-state index contributed by atoms with van der Waals surface area (Å²) in [5, 5.41) is 38.1. The second kappa shape index (κ2) is 5.85. The van der Waals surface area contributed by atoms with Crippen molar-refractivity contribution >= 4 is 0 Å². The van der Waals surface area contributed by atoms with E-state index >= 15 is 0 Å². The molecule has 0 amide bonds. The molecule has 1 aliphatic rings. The van der Waals surface area contributed by atoms with Crippen LogP contribution in [-0.2, 0) is 4.74 Å². The van der Waals surface area contributed by atoms with Crippen LogP contribution in [0.2, 0.25) is 0 Å². The molecular weight excluding hydrogens is 252 g/mol. The second-order valence-corrected chi connectivity index (χ2v) is 4.63. The van der Waals surface area contributed by atoms with E-state index in [4.69, 9.17) is 14.6 Å². The summed E-state index contributed by atoms with van der Waals surface area (Å²) in [6.07, 6.45) is -6.30. The fraction of sp³-hybridized carbons (Fsp3) is 0.538. The molecule has 0 spiro atoms. The normalized spacial score (nSPS) is 35.1. The molecule has 1 fully saturated rings. The molecule has 0 saturated carbocycles. The number of ether oxygens (including phenoxy) is 2. The van der Waals surface area contributed by atoms with Crippen molar-refractivity contribution < 1.29 is 29.9 Å². The first-order valence-corrected chi connectivity index (χ1v) is 6.07. The molecule has 4 N–H and O–H groups in total. The lowest BCUT2D eigenvalue weighted by Gasteiger charge is -2.39. The highest BCUT2D eigenvalue weighted by atomic mass is 16.7. The number of hydrogen-bond donors (Lipinski definition) is 4. The molecule has 1 aromatic carbocycles. The minimum Gasteiger partial charge on any atom is -0.462 e. The summed E-state index contributed by atoms with van der Waals surface area (Å²) in [6.45, 7) is 1.45. The van der Waals surface area contributed by atoms with Gasteiger partial charge in [-0.3, -0.25) is 0 Å². The number of rotatable bonds is 3. The second-order valence-electron chi connectivity index (χ2n) is 4.63. The van der Waals surface area contributed by atoms with Crippen molar-refractivity contribution in [2.75, 3.05) is 6.61 Å². The Labute approximate surface area is 110 Å². The van der Waals surface area contributed by atoms with Gasteiger partial charge in [0, 0.05) is 0 Å². The van der Waals surface area contributed by atoms with E-state index < -0.39 is 37.3 Å². The Morgan fingerprint density at radius 1 is 1.05 bits per heavy atom. The van der Waals surface area contributed by atoms with E-state index in [-0.39, 0.29) is 0 Å². The van der Waals surface area contributed by atoms with Crippen molar-refractivity contribution in [3.63, 3.8) is 0 Å². The highest BCUT2D eigenvalue weighted by Gasteiger charge is 2.44. The molecule has 106 valence electrons. The Morgan fingerprint density at radius 3 is 2.26 bits per heavy atom. The lowest BCUT2D eigenvalue weighted by atomic mass is 9.99. The van der Waals surface area contributed by atoms with Crippen molar-refractivity contribution in [3.8, 4) is 5.75 Å². The average molecular weight is 270 g/mol. The lowest BCUT2D eigenvalue weighted by Crippen LogP contribution is -2.60. The van der Waals surface area contributed by atoms with E-state index in [0.29, 0.717) is 5.75 Å². The van der Waals surface area contributed by atoms with Gasteiger partial charge in [0.1, 0.15) is 30.2 Å². The number of aryl methyl sites for hydroxylation is 1. The van der Waals surface area contributed by atoms with Crippen LogP contribution < -0.4 is 4.74 Å². The molecule has 6 heteroatoms. The van der Waals surface area contributed by atoms with Crippen molar-refractivity contribution in [2.45, 2.75) is 37.6 Å². The predicted octanol–water partition coefficient (Wildman–Crippen LogP) is -0.826. The molecule has 19 heavy (non-hydrogen) atoms. The Hall–Kier alpha value is -1.18. The molecule has 6 nitrogen and oxygen atoms in total. The summed E-state index contributed by atoms with van der Waals surface area (Å²) in [5.41, 5.74) is 1.06. The topological polar surface area (TPSA) is 99.4 Å². The molecule has 1 aromatic rings. The predicted molar refractivity (Wildman–Crippen MR) is 65.6 cm³/mol. The Balaban J connectivity index is 2.08. The van der Waals surface area contributed by atoms with Crippen LogP contribution in [0, 0.1) is 6.92 Å². The summed E-state index contributed by atoms with van der Waals surface area (Å²) in [7, 11) is 0. The summed E-state index contributed by atoms with van der Waals surface area (Å²) in [6, 6.07) is 7.08. The molecule has 0 bridgehead atoms. The van der Waals surface area contributed by atoms with Gasteiger partial charge in [-0.05, 0) is 19.1 Å². The number of aliphatic hydroxyl groups is 4. The van der Waals surface area contributed by atoms with Crippen LogP contribution in [-0.4, -0.2) is 57.7 Å². The minimum absolute atomic E-state index is 0.468. The standard InChI is InChI=1S/C13H18O6/c1-7-2-4-8(5-3-7)18-13-12(17)11(16)10(15)9(6-14)19-13/h2-5,9-17H,6H2,1H3/t9-,10+,11+,12-,13-/m1/s1. The van der Waals surface area contributed by atoms with Gasteiger partial charge in [0.25, 0.3) is 0 Å². The fourth-order valence-corrected chi connectivity index (χ4v) is 1.92. The van der Waals surface area contributed by atoms with Gasteiger partial charge in [0.15, 0.2) is 0 Å². The molecule has 0 unspecified atom stereocenters. The third kappa shape index (κ3) is 3.05. The highest BCUT2D eigenvalue weighted by molar-refractivity contribution is 5.26. The molecular formula is C13H18O6. The summed E-state index contributed by atoms with van der Waals surface area (Å²) in [5.74, 6) is 0.468. The first-order chi connectivity index (χ1) is 9.02. The van der Waals surface area contributed by atoms with Crippen molar-refractivity contribution in [3.05, 3.63) is 29.8 Å². The maximum absolute atomic E-state index is 9.80. The Bertz CT molecular complexity index is 404. The van der Waals surface area contributed by atoms with Crippen molar-refractivity contribution in [1.82, 2.24) is 0 Å². The first-order valence-electron chi connectivity index (χ1n) is 6.07. The van der Waals surface area contributed by atoms with Crippen LogP contribution in [0.25, 0.3) is 0 Å². The fourth-order valence-electron chi connectivity index (χ4n) is 1.92. The SMILES string of the molecule is Cc1ccc(O[C@@H]2O[C@H](CO)[C@H](O)[C@H](O)[C@H]2O)cc1. The summed E-state index contributed by atoms with van der Waals surface area (Å²) in [4.78, 5) is 0. The highest BCUT2D eigenvalue weighted by Crippen LogP contribution is 2.24. The third-order valence-electron chi connectivity index (χ3n) is 3.12. The zero-order valence-electron chi connectivity index (χ0n) is 10.5. The minimum atomic E-state index is -1.43. The van der Waals surface area contributed by atoms with Gasteiger partial charge in [-0.15, -0.1) is 0 Å². The Kier molecular flexibility index (Phi) is 4.38. The molecule has 0 radical (unpaired) electrons. The van der Waals surface area contributed by atoms with Gasteiger partial charge in [-0.1, -0.05) is 17.7 Å². The Morgan fingerprint density at radius 2 is 1.68 bits per heavy atom. The number of hydrogen-bond acceptors (Lipinski definition) is 6. The van der Waals surface area contributed by atoms with Crippen LogP contribution in [0.15, 0.2) is 24.3 Å². The van der Waals surface area contributed by atoms with Crippen LogP contribution >= 0.6 is 0 Å². The van der Waals surface area contributed by atoms with E-state index in [2.05, 4.69) is 0 Å². The average Bonchev–Trinajstić information content (AvgIpc) is 2.42. The van der Waals surface area contributed by atoms with E-state index in [0.717, 1.165) is 5.56 Å². The van der Waals surface area contributed by atoms with E-state index in [9.17, 15) is 15.3 Å². The van der Waals surface area contributed by atoms with Gasteiger partial charge >= 0.3 is 0 Å². The van der Waals surface area contributed by atoms with Crippen LogP contribution in [0.4, 0.5) is 0 Å². The zero-order valence-corrected chi connectivity index (χ0v) is 10.5. The van der Waals surface area contributed by atoms with Gasteiger partial charge in [-0.25, -0.2) is 0 Å². The first kappa shape index (κ1) is 14.2. The monoisotopic (exact) mass is 270 g/mol. The molecule has 1 aliphatic heterocycles. The largest absolute Gasteiger partial charge is 0.462 e. The molecule has 1 saturated heterocycles. The van der Waals surface area contributed by atoms with Crippen LogP contribution in [0.1, 0.15) is 5.56 Å². The quantitative estimate of drug-likeness (QED) is 0.572. The number of aliphatic hydroxyl groups excluding tert-OH is 4. The van der Waals surface area contributed by atoms with Crippen LogP contribution in [0.5, 0.6) is 5.75 Å². The maximum atomic E-state index is 9.80. The molecule has 1 heterocycles. The van der Waals surface area contributed by atoms with E-state index in [1.807, 2.05) is 19.1 Å². The van der Waals surface area contributed by atoms with Gasteiger partial charge in [0.2, 0.25) is 6.29 Å². The van der Waals surface area contributed by atoms with E-state index in [1.165, 1.54) is 0 Å². The van der Waals surface area contributed by atoms with E-state index in [1.54, 1.807) is 12.1 Å².